The van der Waals surface area contributed by atoms with Crippen molar-refractivity contribution in [2.45, 2.75) is 19.3 Å². The predicted octanol–water partition coefficient (Wildman–Crippen LogP) is 2.15. The Kier molecular flexibility index (Phi) is 4.24. The molecule has 0 aliphatic carbocycles. The number of hydrogen-bond acceptors (Lipinski definition) is 2. The van der Waals surface area contributed by atoms with Gasteiger partial charge in [0.2, 0.25) is 0 Å². The molecule has 0 radical (unpaired) electrons. The molecule has 0 atom stereocenters. The zero-order valence-corrected chi connectivity index (χ0v) is 7.07. The first kappa shape index (κ1) is 9.07. The molecule has 2 heteroatoms. The summed E-state index contributed by atoms with van der Waals surface area (Å²) >= 11 is 0. The second-order valence-electron chi connectivity index (χ2n) is 2.63. The van der Waals surface area contributed by atoms with Gasteiger partial charge in [0.1, 0.15) is 5.76 Å². The fraction of sp³-hybridized carbons (Fsp3) is 0.400. The van der Waals surface area contributed by atoms with Crippen LogP contribution in [-0.2, 0) is 6.42 Å². The summed E-state index contributed by atoms with van der Waals surface area (Å²) in [6.45, 7) is 0.140. The molecule has 0 saturated carbocycles. The normalized spacial score (nSPS) is 11.1. The molecule has 0 aromatic carbocycles. The van der Waals surface area contributed by atoms with Crippen molar-refractivity contribution < 1.29 is 9.52 Å². The van der Waals surface area contributed by atoms with Gasteiger partial charge < -0.3 is 9.52 Å². The Balaban J connectivity index is 2.07. The summed E-state index contributed by atoms with van der Waals surface area (Å²) in [5.41, 5.74) is 0. The molecular formula is C10H14O2. The van der Waals surface area contributed by atoms with E-state index in [1.807, 2.05) is 18.2 Å². The lowest BCUT2D eigenvalue weighted by Crippen LogP contribution is -1.80. The van der Waals surface area contributed by atoms with E-state index >= 15 is 0 Å². The number of allylic oxidation sites excluding steroid dienone is 1. The van der Waals surface area contributed by atoms with E-state index in [1.165, 1.54) is 0 Å². The molecule has 0 aliphatic rings. The van der Waals surface area contributed by atoms with Crippen LogP contribution in [0.25, 0.3) is 0 Å². The van der Waals surface area contributed by atoms with Crippen molar-refractivity contribution in [3.8, 4) is 0 Å². The van der Waals surface area contributed by atoms with Crippen LogP contribution in [0.4, 0.5) is 0 Å². The van der Waals surface area contributed by atoms with Gasteiger partial charge in [0.15, 0.2) is 0 Å². The molecule has 66 valence electrons. The van der Waals surface area contributed by atoms with E-state index in [0.717, 1.165) is 25.0 Å². The lowest BCUT2D eigenvalue weighted by Gasteiger charge is -1.92. The number of aliphatic hydroxyl groups excluding tert-OH is 1. The van der Waals surface area contributed by atoms with Gasteiger partial charge in [0.05, 0.1) is 12.9 Å². The molecule has 1 aromatic rings. The first-order valence-corrected chi connectivity index (χ1v) is 4.21. The molecule has 0 amide bonds. The summed E-state index contributed by atoms with van der Waals surface area (Å²) in [4.78, 5) is 0. The third kappa shape index (κ3) is 3.39. The fourth-order valence-corrected chi connectivity index (χ4v) is 1.04. The van der Waals surface area contributed by atoms with Crippen LogP contribution < -0.4 is 0 Å². The maximum Gasteiger partial charge on any atom is 0.103 e. The summed E-state index contributed by atoms with van der Waals surface area (Å²) in [5.74, 6) is 1.03. The summed E-state index contributed by atoms with van der Waals surface area (Å²) in [6, 6.07) is 3.88. The molecule has 0 spiro atoms. The van der Waals surface area contributed by atoms with Gasteiger partial charge in [0.25, 0.3) is 0 Å². The third-order valence-electron chi connectivity index (χ3n) is 1.65. The Morgan fingerprint density at radius 3 is 3.00 bits per heavy atom. The molecule has 1 N–H and O–H groups in total. The number of aryl methyl sites for hydroxylation is 1. The molecule has 12 heavy (non-hydrogen) atoms. The number of rotatable bonds is 5. The number of aliphatic hydroxyl groups is 1. The van der Waals surface area contributed by atoms with Crippen LogP contribution in [-0.4, -0.2) is 11.7 Å². The van der Waals surface area contributed by atoms with E-state index < -0.39 is 0 Å². The first-order chi connectivity index (χ1) is 5.93. The van der Waals surface area contributed by atoms with Gasteiger partial charge in [-0.15, -0.1) is 0 Å². The Morgan fingerprint density at radius 1 is 1.42 bits per heavy atom. The van der Waals surface area contributed by atoms with Crippen molar-refractivity contribution in [3.63, 3.8) is 0 Å². The van der Waals surface area contributed by atoms with Crippen LogP contribution in [0, 0.1) is 0 Å². The Morgan fingerprint density at radius 2 is 2.33 bits per heavy atom. The molecule has 0 unspecified atom stereocenters. The molecule has 0 bridgehead atoms. The zero-order chi connectivity index (χ0) is 8.65. The minimum atomic E-state index is 0.140. The highest BCUT2D eigenvalue weighted by molar-refractivity contribution is 4.98. The molecule has 0 aliphatic heterocycles. The van der Waals surface area contributed by atoms with Gasteiger partial charge in [-0.2, -0.15) is 0 Å². The van der Waals surface area contributed by atoms with Gasteiger partial charge in [-0.05, 0) is 25.0 Å². The number of furan rings is 1. The van der Waals surface area contributed by atoms with E-state index in [4.69, 9.17) is 9.52 Å². The Bertz CT molecular complexity index is 212. The molecule has 1 rings (SSSR count). The molecule has 0 saturated heterocycles. The lowest BCUT2D eigenvalue weighted by molar-refractivity contribution is 0.342. The quantitative estimate of drug-likeness (QED) is 0.537. The van der Waals surface area contributed by atoms with Crippen molar-refractivity contribution in [1.82, 2.24) is 0 Å². The van der Waals surface area contributed by atoms with Crippen molar-refractivity contribution in [2.75, 3.05) is 6.61 Å². The average molecular weight is 166 g/mol. The smallest absolute Gasteiger partial charge is 0.103 e. The van der Waals surface area contributed by atoms with Gasteiger partial charge in [-0.1, -0.05) is 12.2 Å². The minimum Gasteiger partial charge on any atom is -0.469 e. The summed E-state index contributed by atoms with van der Waals surface area (Å²) in [7, 11) is 0. The highest BCUT2D eigenvalue weighted by atomic mass is 16.3. The SMILES string of the molecule is OC/C=C\CCCc1ccco1. The minimum absolute atomic E-state index is 0.140. The zero-order valence-electron chi connectivity index (χ0n) is 7.07. The average Bonchev–Trinajstić information content (AvgIpc) is 2.57. The Labute approximate surface area is 72.5 Å². The summed E-state index contributed by atoms with van der Waals surface area (Å²) in [5, 5.41) is 8.44. The second kappa shape index (κ2) is 5.61. The van der Waals surface area contributed by atoms with Gasteiger partial charge >= 0.3 is 0 Å². The number of hydrogen-bond donors (Lipinski definition) is 1. The Hall–Kier alpha value is -1.02. The van der Waals surface area contributed by atoms with E-state index in [1.54, 1.807) is 12.3 Å². The van der Waals surface area contributed by atoms with E-state index in [2.05, 4.69) is 0 Å². The molecular weight excluding hydrogens is 152 g/mol. The van der Waals surface area contributed by atoms with Gasteiger partial charge in [0, 0.05) is 6.42 Å². The van der Waals surface area contributed by atoms with E-state index in [0.29, 0.717) is 0 Å². The van der Waals surface area contributed by atoms with Gasteiger partial charge in [-0.3, -0.25) is 0 Å². The fourth-order valence-electron chi connectivity index (χ4n) is 1.04. The van der Waals surface area contributed by atoms with Gasteiger partial charge in [-0.25, -0.2) is 0 Å². The largest absolute Gasteiger partial charge is 0.469 e. The summed E-state index contributed by atoms with van der Waals surface area (Å²) in [6.07, 6.45) is 8.50. The van der Waals surface area contributed by atoms with E-state index in [-0.39, 0.29) is 6.61 Å². The van der Waals surface area contributed by atoms with Crippen LogP contribution in [0.2, 0.25) is 0 Å². The highest BCUT2D eigenvalue weighted by Crippen LogP contribution is 2.05. The van der Waals surface area contributed by atoms with Crippen LogP contribution >= 0.6 is 0 Å². The summed E-state index contributed by atoms with van der Waals surface area (Å²) < 4.78 is 5.17. The van der Waals surface area contributed by atoms with Crippen molar-refractivity contribution in [1.29, 1.82) is 0 Å². The molecule has 0 fully saturated rings. The van der Waals surface area contributed by atoms with Crippen molar-refractivity contribution in [2.24, 2.45) is 0 Å². The standard InChI is InChI=1S/C10H14O2/c11-8-4-2-1-3-6-10-7-5-9-12-10/h2,4-5,7,9,11H,1,3,6,8H2/b4-2-. The maximum atomic E-state index is 8.44. The maximum absolute atomic E-state index is 8.44. The first-order valence-electron chi connectivity index (χ1n) is 4.21. The molecule has 1 heterocycles. The van der Waals surface area contributed by atoms with Crippen LogP contribution in [0.5, 0.6) is 0 Å². The van der Waals surface area contributed by atoms with Crippen molar-refractivity contribution in [3.05, 3.63) is 36.3 Å². The highest BCUT2D eigenvalue weighted by Gasteiger charge is 1.92. The van der Waals surface area contributed by atoms with Crippen LogP contribution in [0.1, 0.15) is 18.6 Å². The van der Waals surface area contributed by atoms with Crippen molar-refractivity contribution >= 4 is 0 Å². The molecule has 1 aromatic heterocycles. The molecule has 2 nitrogen and oxygen atoms in total. The lowest BCUT2D eigenvalue weighted by atomic mass is 10.2. The predicted molar refractivity (Wildman–Crippen MR) is 47.9 cm³/mol. The van der Waals surface area contributed by atoms with Crippen LogP contribution in [0.15, 0.2) is 35.0 Å². The van der Waals surface area contributed by atoms with Crippen LogP contribution in [0.3, 0.4) is 0 Å². The second-order valence-corrected chi connectivity index (χ2v) is 2.63. The topological polar surface area (TPSA) is 33.4 Å². The number of unbranched alkanes of at least 4 members (excludes halogenated alkanes) is 1. The van der Waals surface area contributed by atoms with E-state index in [9.17, 15) is 0 Å². The third-order valence-corrected chi connectivity index (χ3v) is 1.65. The monoisotopic (exact) mass is 166 g/mol.